The van der Waals surface area contributed by atoms with Crippen molar-refractivity contribution in [3.05, 3.63) is 0 Å². The van der Waals surface area contributed by atoms with Gasteiger partial charge >= 0.3 is 114 Å². The SMILES string of the molecule is O.O.O=C([O-])CC(O)(CC(=O)[O-])C(=O)[O-].[Na+].[Na+].[Na+].[O]=[Ti]=[O]. The molecule has 0 aliphatic carbocycles. The minimum atomic E-state index is -2.97. The molecule has 0 heterocycles. The summed E-state index contributed by atoms with van der Waals surface area (Å²) in [6.45, 7) is 0. The van der Waals surface area contributed by atoms with Crippen molar-refractivity contribution in [2.24, 2.45) is 0 Å². The molecule has 0 aliphatic heterocycles. The van der Waals surface area contributed by atoms with Gasteiger partial charge in [0, 0.05) is 24.8 Å². The maximum absolute atomic E-state index is 10.1. The Balaban J connectivity index is -0.0000000451. The zero-order valence-corrected chi connectivity index (χ0v) is 19.2. The molecule has 0 aliphatic rings. The van der Waals surface area contributed by atoms with Crippen LogP contribution in [-0.4, -0.2) is 39.6 Å². The molecule has 5 N–H and O–H groups in total. The first-order chi connectivity index (χ1) is 7.19. The van der Waals surface area contributed by atoms with Crippen LogP contribution in [0.25, 0.3) is 0 Å². The number of hydrogen-bond donors (Lipinski definition) is 1. The molecule has 0 rings (SSSR count). The van der Waals surface area contributed by atoms with Crippen LogP contribution in [0.2, 0.25) is 0 Å². The van der Waals surface area contributed by atoms with Crippen LogP contribution in [-0.2, 0) is 40.1 Å². The van der Waals surface area contributed by atoms with Gasteiger partial charge < -0.3 is 45.8 Å². The van der Waals surface area contributed by atoms with Crippen molar-refractivity contribution in [3.63, 3.8) is 0 Å². The predicted molar refractivity (Wildman–Crippen MR) is 37.8 cm³/mol. The number of carbonyl (C=O) groups excluding carboxylic acids is 3. The number of rotatable bonds is 5. The Bertz CT molecular complexity index is 314. The third-order valence-electron chi connectivity index (χ3n) is 1.25. The molecule has 0 unspecified atom stereocenters. The Morgan fingerprint density at radius 2 is 1.05 bits per heavy atom. The first-order valence-electron chi connectivity index (χ1n) is 3.52. The van der Waals surface area contributed by atoms with Crippen molar-refractivity contribution in [3.8, 4) is 0 Å². The Morgan fingerprint density at radius 3 is 1.14 bits per heavy atom. The Hall–Kier alpha value is 1.60. The van der Waals surface area contributed by atoms with Crippen LogP contribution in [0.4, 0.5) is 0 Å². The molecule has 0 spiro atoms. The molecule has 0 bridgehead atoms. The second kappa shape index (κ2) is 23.9. The summed E-state index contributed by atoms with van der Waals surface area (Å²) < 4.78 is 17.0. The normalized spacial score (nSPS) is 7.10. The van der Waals surface area contributed by atoms with Crippen LogP contribution in [0.3, 0.4) is 0 Å². The fourth-order valence-corrected chi connectivity index (χ4v) is 0.684. The van der Waals surface area contributed by atoms with E-state index in [1.807, 2.05) is 0 Å². The summed E-state index contributed by atoms with van der Waals surface area (Å²) in [4.78, 5) is 30.0. The van der Waals surface area contributed by atoms with E-state index in [0.29, 0.717) is 0 Å². The molecule has 21 heavy (non-hydrogen) atoms. The van der Waals surface area contributed by atoms with Crippen LogP contribution < -0.4 is 104 Å². The number of aliphatic carboxylic acids is 3. The van der Waals surface area contributed by atoms with Crippen LogP contribution in [0.5, 0.6) is 0 Å². The van der Waals surface area contributed by atoms with Gasteiger partial charge in [-0.3, -0.25) is 0 Å². The molecule has 11 nitrogen and oxygen atoms in total. The topological polar surface area (TPSA) is 238 Å². The van der Waals surface area contributed by atoms with E-state index in [9.17, 15) is 29.7 Å². The molecule has 0 atom stereocenters. The third kappa shape index (κ3) is 26.8. The van der Waals surface area contributed by atoms with Crippen LogP contribution >= 0.6 is 0 Å². The molecule has 0 saturated carbocycles. The van der Waals surface area contributed by atoms with Crippen molar-refractivity contribution in [1.82, 2.24) is 0 Å². The first-order valence-corrected chi connectivity index (χ1v) is 4.80. The molecule has 0 amide bonds. The van der Waals surface area contributed by atoms with Gasteiger partial charge in [-0.2, -0.15) is 0 Å². The first kappa shape index (κ1) is 43.3. The van der Waals surface area contributed by atoms with Crippen molar-refractivity contribution < 1.29 is 160 Å². The summed E-state index contributed by atoms with van der Waals surface area (Å²) in [6, 6.07) is 0. The molecular formula is C6H9Na3O11Ti. The van der Waals surface area contributed by atoms with Crippen LogP contribution in [0.1, 0.15) is 12.8 Å². The van der Waals surface area contributed by atoms with Crippen LogP contribution in [0.15, 0.2) is 0 Å². The van der Waals surface area contributed by atoms with Gasteiger partial charge in [-0.15, -0.1) is 0 Å². The standard InChI is InChI=1S/C6H8O7.3Na.2H2O.2O.Ti/c7-3(8)1-6(13,5(11)12)2-4(9)10;;;;;;;;/h13H,1-2H2,(H,7,8)(H,9,10)(H,11,12);;;;2*1H2;;;/q;3*+1;;;;;/p-3. The van der Waals surface area contributed by atoms with Gasteiger partial charge in [0.15, 0.2) is 0 Å². The predicted octanol–water partition coefficient (Wildman–Crippen LogP) is -16.1. The van der Waals surface area contributed by atoms with Crippen LogP contribution in [0, 0.1) is 0 Å². The zero-order chi connectivity index (χ0) is 13.4. The molecule has 0 saturated heterocycles. The second-order valence-corrected chi connectivity index (χ2v) is 2.76. The Labute approximate surface area is 193 Å². The van der Waals surface area contributed by atoms with E-state index in [1.165, 1.54) is 0 Å². The van der Waals surface area contributed by atoms with Gasteiger partial charge in [-0.1, -0.05) is 0 Å². The molecular weight excluding hydrogens is 365 g/mol. The Morgan fingerprint density at radius 1 is 0.857 bits per heavy atom. The summed E-state index contributed by atoms with van der Waals surface area (Å²) in [7, 11) is 0. The van der Waals surface area contributed by atoms with Gasteiger partial charge in [0.05, 0.1) is 5.97 Å². The van der Waals surface area contributed by atoms with E-state index in [1.54, 1.807) is 0 Å². The van der Waals surface area contributed by atoms with E-state index >= 15 is 0 Å². The fraction of sp³-hybridized carbons (Fsp3) is 0.500. The van der Waals surface area contributed by atoms with Gasteiger partial charge in [-0.05, 0) is 0 Å². The molecule has 15 heteroatoms. The van der Waals surface area contributed by atoms with Crippen molar-refractivity contribution in [2.75, 3.05) is 0 Å². The number of carboxylic acid groups (broad SMARTS) is 3. The number of hydrogen-bond acceptors (Lipinski definition) is 9. The van der Waals surface area contributed by atoms with Gasteiger partial charge in [0.2, 0.25) is 0 Å². The minimum absolute atomic E-state index is 0. The zero-order valence-electron chi connectivity index (χ0n) is 11.6. The number of aliphatic hydroxyl groups is 1. The molecule has 0 aromatic heterocycles. The average Bonchev–Trinajstić information content (AvgIpc) is 2.01. The van der Waals surface area contributed by atoms with Crippen molar-refractivity contribution in [2.45, 2.75) is 18.4 Å². The second-order valence-electron chi connectivity index (χ2n) is 2.50. The number of carbonyl (C=O) groups is 3. The van der Waals surface area contributed by atoms with Gasteiger partial charge in [0.25, 0.3) is 0 Å². The quantitative estimate of drug-likeness (QED) is 0.449. The summed E-state index contributed by atoms with van der Waals surface area (Å²) in [5.41, 5.74) is -2.97. The van der Waals surface area contributed by atoms with Gasteiger partial charge in [-0.25, -0.2) is 0 Å². The number of carboxylic acids is 3. The van der Waals surface area contributed by atoms with E-state index in [4.69, 9.17) is 11.8 Å². The molecule has 106 valence electrons. The van der Waals surface area contributed by atoms with E-state index in [2.05, 4.69) is 0 Å². The molecule has 0 radical (unpaired) electrons. The summed E-state index contributed by atoms with van der Waals surface area (Å²) >= 11 is -2.00. The molecule has 0 aromatic carbocycles. The summed E-state index contributed by atoms with van der Waals surface area (Å²) in [6.07, 6.45) is -2.72. The summed E-state index contributed by atoms with van der Waals surface area (Å²) in [5, 5.41) is 38.9. The van der Waals surface area contributed by atoms with Crippen molar-refractivity contribution in [1.29, 1.82) is 0 Å². The summed E-state index contributed by atoms with van der Waals surface area (Å²) in [5.74, 6) is -5.98. The third-order valence-corrected chi connectivity index (χ3v) is 1.25. The van der Waals surface area contributed by atoms with Crippen molar-refractivity contribution >= 4 is 17.9 Å². The molecule has 0 fully saturated rings. The molecule has 0 aromatic rings. The van der Waals surface area contributed by atoms with E-state index < -0.39 is 55.4 Å². The van der Waals surface area contributed by atoms with E-state index in [-0.39, 0.29) is 99.6 Å². The maximum atomic E-state index is 10.1. The van der Waals surface area contributed by atoms with Gasteiger partial charge in [0.1, 0.15) is 5.60 Å². The average molecular weight is 374 g/mol. The fourth-order valence-electron chi connectivity index (χ4n) is 0.684. The monoisotopic (exact) mass is 374 g/mol. The van der Waals surface area contributed by atoms with E-state index in [0.717, 1.165) is 0 Å². The Kier molecular flexibility index (Phi) is 49.2.